The molecule has 0 unspecified atom stereocenters. The predicted molar refractivity (Wildman–Crippen MR) is 147 cm³/mol. The molecule has 1 saturated heterocycles. The first kappa shape index (κ1) is 33.8. The minimum absolute atomic E-state index is 0. The third-order valence-electron chi connectivity index (χ3n) is 5.82. The maximum Gasteiger partial charge on any atom is 0.185 e. The lowest BCUT2D eigenvalue weighted by Gasteiger charge is -2.32. The van der Waals surface area contributed by atoms with Gasteiger partial charge in [0.1, 0.15) is 11.6 Å². The summed E-state index contributed by atoms with van der Waals surface area (Å²) >= 11 is 0. The second-order valence-electron chi connectivity index (χ2n) is 8.29. The number of hydrogen-bond acceptors (Lipinski definition) is 4. The third kappa shape index (κ3) is 15.2. The highest BCUT2D eigenvalue weighted by Crippen LogP contribution is 2.23. The Balaban J connectivity index is 0. The number of hydrogen-bond donors (Lipinski definition) is 4. The van der Waals surface area contributed by atoms with Crippen LogP contribution in [-0.2, 0) is 0 Å². The number of amidine groups is 1. The lowest BCUT2D eigenvalue weighted by molar-refractivity contribution is 0.171. The number of ether oxygens (including phenoxy) is 1. The fourth-order valence-corrected chi connectivity index (χ4v) is 3.96. The van der Waals surface area contributed by atoms with Gasteiger partial charge in [0.15, 0.2) is 5.96 Å². The lowest BCUT2D eigenvalue weighted by atomic mass is 9.91. The molecule has 0 amide bonds. The zero-order valence-electron chi connectivity index (χ0n) is 19.5. The van der Waals surface area contributed by atoms with E-state index in [1.807, 2.05) is 24.3 Å². The van der Waals surface area contributed by atoms with Crippen LogP contribution in [0.3, 0.4) is 0 Å². The van der Waals surface area contributed by atoms with Gasteiger partial charge >= 0.3 is 0 Å². The van der Waals surface area contributed by atoms with Gasteiger partial charge < -0.3 is 26.8 Å². The van der Waals surface area contributed by atoms with Gasteiger partial charge in [-0.25, -0.2) is 0 Å². The zero-order chi connectivity index (χ0) is 21.6. The first-order chi connectivity index (χ1) is 14.5. The molecule has 192 valence electrons. The number of nitrogens with zero attached hydrogens (tertiary/aromatic N) is 2. The maximum atomic E-state index is 7.41. The van der Waals surface area contributed by atoms with E-state index >= 15 is 0 Å². The van der Waals surface area contributed by atoms with Crippen molar-refractivity contribution in [1.29, 1.82) is 5.41 Å². The van der Waals surface area contributed by atoms with Crippen LogP contribution in [-0.4, -0.2) is 49.5 Å². The number of benzene rings is 1. The second-order valence-corrected chi connectivity index (χ2v) is 8.29. The first-order valence-corrected chi connectivity index (χ1v) is 11.4. The molecule has 0 aliphatic carbocycles. The Bertz CT molecular complexity index is 648. The molecule has 7 N–H and O–H groups in total. The fourth-order valence-electron chi connectivity index (χ4n) is 3.96. The van der Waals surface area contributed by atoms with E-state index in [9.17, 15) is 0 Å². The Morgan fingerprint density at radius 2 is 1.55 bits per heavy atom. The van der Waals surface area contributed by atoms with E-state index in [-0.39, 0.29) is 49.0 Å². The monoisotopic (exact) mass is 524 g/mol. The van der Waals surface area contributed by atoms with Crippen LogP contribution in [0.15, 0.2) is 29.3 Å². The van der Waals surface area contributed by atoms with E-state index in [0.717, 1.165) is 43.2 Å². The maximum absolute atomic E-state index is 7.41. The molecule has 0 aromatic heterocycles. The Morgan fingerprint density at radius 1 is 0.909 bits per heavy atom. The quantitative estimate of drug-likeness (QED) is 0.163. The molecule has 1 aliphatic rings. The third-order valence-corrected chi connectivity index (χ3v) is 5.82. The van der Waals surface area contributed by atoms with Crippen LogP contribution >= 0.6 is 37.2 Å². The summed E-state index contributed by atoms with van der Waals surface area (Å²) in [6.45, 7) is 5.15. The van der Waals surface area contributed by atoms with Gasteiger partial charge in [-0.3, -0.25) is 10.4 Å². The molecular weight excluding hydrogens is 483 g/mol. The highest BCUT2D eigenvalue weighted by molar-refractivity contribution is 5.94. The number of unbranched alkanes of at least 4 members (excludes halogenated alkanes) is 4. The number of piperidine rings is 1. The smallest absolute Gasteiger partial charge is 0.185 e. The van der Waals surface area contributed by atoms with Crippen molar-refractivity contribution in [3.8, 4) is 5.75 Å². The molecule has 1 aromatic carbocycles. The van der Waals surface area contributed by atoms with E-state index in [1.165, 1.54) is 64.6 Å². The van der Waals surface area contributed by atoms with Gasteiger partial charge in [0.2, 0.25) is 0 Å². The Kier molecular flexibility index (Phi) is 20.5. The van der Waals surface area contributed by atoms with Crippen molar-refractivity contribution in [3.63, 3.8) is 0 Å². The molecule has 10 heteroatoms. The summed E-state index contributed by atoms with van der Waals surface area (Å²) in [6.07, 6.45) is 11.2. The van der Waals surface area contributed by atoms with Gasteiger partial charge in [-0.05, 0) is 81.9 Å². The molecule has 1 aliphatic heterocycles. The lowest BCUT2D eigenvalue weighted by Crippen LogP contribution is -2.34. The van der Waals surface area contributed by atoms with Crippen LogP contribution in [0.5, 0.6) is 5.75 Å². The average molecular weight is 526 g/mol. The molecule has 0 atom stereocenters. The van der Waals surface area contributed by atoms with Crippen LogP contribution < -0.4 is 21.9 Å². The van der Waals surface area contributed by atoms with Crippen molar-refractivity contribution in [3.05, 3.63) is 29.8 Å². The van der Waals surface area contributed by atoms with Gasteiger partial charge in [-0.15, -0.1) is 37.2 Å². The molecule has 1 heterocycles. The van der Waals surface area contributed by atoms with Crippen LogP contribution in [0.1, 0.15) is 63.4 Å². The van der Waals surface area contributed by atoms with E-state index < -0.39 is 0 Å². The van der Waals surface area contributed by atoms with Gasteiger partial charge in [0, 0.05) is 12.1 Å². The van der Waals surface area contributed by atoms with Crippen LogP contribution in [0, 0.1) is 11.3 Å². The minimum atomic E-state index is 0. The molecule has 1 aromatic rings. The van der Waals surface area contributed by atoms with Crippen molar-refractivity contribution in [1.82, 2.24) is 4.90 Å². The van der Waals surface area contributed by atoms with Gasteiger partial charge in [-0.2, -0.15) is 0 Å². The average Bonchev–Trinajstić information content (AvgIpc) is 2.74. The number of rotatable bonds is 14. The van der Waals surface area contributed by atoms with Gasteiger partial charge in [-0.1, -0.05) is 25.7 Å². The SMILES string of the molecule is Cl.Cl.Cl.N=C(N)c1ccc(OCCCCN2CCC(CCCCCCN=C(N)N)CC2)cc1. The minimum Gasteiger partial charge on any atom is -0.494 e. The largest absolute Gasteiger partial charge is 0.494 e. The van der Waals surface area contributed by atoms with E-state index in [4.69, 9.17) is 27.3 Å². The van der Waals surface area contributed by atoms with Gasteiger partial charge in [0.25, 0.3) is 0 Å². The summed E-state index contributed by atoms with van der Waals surface area (Å²) in [6, 6.07) is 7.42. The molecular formula is C23H43Cl3N6O. The summed E-state index contributed by atoms with van der Waals surface area (Å²) in [5.74, 6) is 2.04. The highest BCUT2D eigenvalue weighted by Gasteiger charge is 2.18. The number of nitrogens with one attached hydrogen (secondary N) is 1. The zero-order valence-corrected chi connectivity index (χ0v) is 22.0. The van der Waals surface area contributed by atoms with E-state index in [0.29, 0.717) is 0 Å². The number of halogens is 3. The molecule has 1 fully saturated rings. The number of aliphatic imine (C=N–C) groups is 1. The first-order valence-electron chi connectivity index (χ1n) is 11.4. The summed E-state index contributed by atoms with van der Waals surface area (Å²) in [5, 5.41) is 7.41. The van der Waals surface area contributed by atoms with Gasteiger partial charge in [0.05, 0.1) is 6.61 Å². The Hall–Kier alpha value is -1.41. The molecule has 33 heavy (non-hydrogen) atoms. The summed E-state index contributed by atoms with van der Waals surface area (Å²) in [5.41, 5.74) is 16.9. The van der Waals surface area contributed by atoms with Crippen molar-refractivity contribution < 1.29 is 4.74 Å². The predicted octanol–water partition coefficient (Wildman–Crippen LogP) is 4.33. The number of nitrogens with two attached hydrogens (primary N) is 3. The standard InChI is InChI=1S/C23H40N6O.3ClH/c24-22(25)20-8-10-21(11-9-20)30-18-6-5-15-29-16-12-19(13-17-29)7-3-1-2-4-14-28-23(26)27;;;/h8-11,19H,1-7,12-18H2,(H3,24,25)(H4,26,27,28);3*1H. The van der Waals surface area contributed by atoms with E-state index in [1.54, 1.807) is 0 Å². The fraction of sp³-hybridized carbons (Fsp3) is 0.652. The molecule has 7 nitrogen and oxygen atoms in total. The summed E-state index contributed by atoms with van der Waals surface area (Å²) < 4.78 is 5.79. The summed E-state index contributed by atoms with van der Waals surface area (Å²) in [4.78, 5) is 6.63. The molecule has 0 saturated carbocycles. The topological polar surface area (TPSA) is 127 Å². The molecule has 0 bridgehead atoms. The van der Waals surface area contributed by atoms with E-state index in [2.05, 4.69) is 9.89 Å². The van der Waals surface area contributed by atoms with Crippen molar-refractivity contribution in [2.45, 2.75) is 57.8 Å². The van der Waals surface area contributed by atoms with Crippen LogP contribution in [0.4, 0.5) is 0 Å². The Morgan fingerprint density at radius 3 is 2.15 bits per heavy atom. The summed E-state index contributed by atoms with van der Waals surface area (Å²) in [7, 11) is 0. The van der Waals surface area contributed by atoms with Crippen LogP contribution in [0.25, 0.3) is 0 Å². The molecule has 0 spiro atoms. The number of likely N-dealkylation sites (tertiary alicyclic amines) is 1. The van der Waals surface area contributed by atoms with Crippen molar-refractivity contribution in [2.24, 2.45) is 28.1 Å². The molecule has 0 radical (unpaired) electrons. The second kappa shape index (κ2) is 20.0. The van der Waals surface area contributed by atoms with Crippen molar-refractivity contribution >= 4 is 49.0 Å². The van der Waals surface area contributed by atoms with Crippen molar-refractivity contribution in [2.75, 3.05) is 32.8 Å². The number of nitrogen functional groups attached to an aromatic ring is 1. The number of guanidine groups is 1. The highest BCUT2D eigenvalue weighted by atomic mass is 35.5. The Labute approximate surface area is 218 Å². The normalized spacial score (nSPS) is 13.7. The van der Waals surface area contributed by atoms with Crippen LogP contribution in [0.2, 0.25) is 0 Å². The molecule has 2 rings (SSSR count).